The van der Waals surface area contributed by atoms with Crippen molar-refractivity contribution in [3.63, 3.8) is 0 Å². The van der Waals surface area contributed by atoms with Crippen LogP contribution in [-0.4, -0.2) is 65.4 Å². The number of H-pyrrole nitrogens is 1. The van der Waals surface area contributed by atoms with Crippen molar-refractivity contribution in [2.45, 2.75) is 45.6 Å². The molecule has 1 amide bonds. The van der Waals surface area contributed by atoms with Gasteiger partial charge in [0, 0.05) is 37.9 Å². The van der Waals surface area contributed by atoms with Gasteiger partial charge in [-0.25, -0.2) is 4.98 Å². The number of anilines is 1. The SMILES string of the molecule is COc1ccc(N2CCN(C(=O)Cc3n[nH]c(C)n3)CC2)cc1OC1CCC1.Cc1ccccc1. The summed E-state index contributed by atoms with van der Waals surface area (Å²) in [6.07, 6.45) is 4.00. The van der Waals surface area contributed by atoms with Crippen molar-refractivity contribution in [1.29, 1.82) is 0 Å². The van der Waals surface area contributed by atoms with Gasteiger partial charge in [-0.15, -0.1) is 0 Å². The van der Waals surface area contributed by atoms with Crippen LogP contribution in [0.3, 0.4) is 0 Å². The fourth-order valence-electron chi connectivity index (χ4n) is 4.09. The number of amides is 1. The number of hydrogen-bond acceptors (Lipinski definition) is 6. The number of rotatable bonds is 6. The summed E-state index contributed by atoms with van der Waals surface area (Å²) in [7, 11) is 1.67. The van der Waals surface area contributed by atoms with Crippen molar-refractivity contribution >= 4 is 11.6 Å². The summed E-state index contributed by atoms with van der Waals surface area (Å²) in [4.78, 5) is 20.9. The maximum Gasteiger partial charge on any atom is 0.230 e. The van der Waals surface area contributed by atoms with Crippen molar-refractivity contribution in [2.75, 3.05) is 38.2 Å². The molecule has 8 nitrogen and oxygen atoms in total. The second-order valence-electron chi connectivity index (χ2n) is 9.04. The smallest absolute Gasteiger partial charge is 0.230 e. The number of aromatic amines is 1. The van der Waals surface area contributed by atoms with E-state index in [1.165, 1.54) is 12.0 Å². The summed E-state index contributed by atoms with van der Waals surface area (Å²) < 4.78 is 11.6. The average molecular weight is 478 g/mol. The molecule has 0 radical (unpaired) electrons. The van der Waals surface area contributed by atoms with Crippen LogP contribution in [0.15, 0.2) is 48.5 Å². The van der Waals surface area contributed by atoms with E-state index in [-0.39, 0.29) is 12.3 Å². The standard InChI is InChI=1S/C20H27N5O3.C7H8/c1-14-21-19(23-22-14)13-20(26)25-10-8-24(9-11-25)15-6-7-17(27-2)18(12-15)28-16-4-3-5-16;1-7-5-3-2-4-6-7/h6-7,12,16H,3-5,8-11,13H2,1-2H3,(H,21,22,23);2-6H,1H3. The number of benzene rings is 2. The highest BCUT2D eigenvalue weighted by Crippen LogP contribution is 2.35. The summed E-state index contributed by atoms with van der Waals surface area (Å²) in [5, 5.41) is 6.83. The lowest BCUT2D eigenvalue weighted by molar-refractivity contribution is -0.130. The van der Waals surface area contributed by atoms with E-state index in [0.29, 0.717) is 25.0 Å². The number of carbonyl (C=O) groups excluding carboxylic acids is 1. The van der Waals surface area contributed by atoms with E-state index in [9.17, 15) is 4.79 Å². The Kier molecular flexibility index (Phi) is 8.23. The molecular formula is C27H35N5O3. The van der Waals surface area contributed by atoms with Gasteiger partial charge in [0.25, 0.3) is 0 Å². The van der Waals surface area contributed by atoms with Crippen LogP contribution in [0.5, 0.6) is 11.5 Å². The lowest BCUT2D eigenvalue weighted by Crippen LogP contribution is -2.49. The minimum absolute atomic E-state index is 0.0717. The summed E-state index contributed by atoms with van der Waals surface area (Å²) in [5.41, 5.74) is 2.43. The van der Waals surface area contributed by atoms with E-state index in [1.54, 1.807) is 7.11 Å². The van der Waals surface area contributed by atoms with Crippen LogP contribution in [0.2, 0.25) is 0 Å². The highest BCUT2D eigenvalue weighted by molar-refractivity contribution is 5.78. The first-order chi connectivity index (χ1) is 17.0. The van der Waals surface area contributed by atoms with Gasteiger partial charge in [0.1, 0.15) is 5.82 Å². The highest BCUT2D eigenvalue weighted by atomic mass is 16.5. The maximum atomic E-state index is 12.5. The van der Waals surface area contributed by atoms with Crippen LogP contribution >= 0.6 is 0 Å². The Bertz CT molecular complexity index is 1090. The van der Waals surface area contributed by atoms with Crippen LogP contribution in [-0.2, 0) is 11.2 Å². The van der Waals surface area contributed by atoms with Crippen molar-refractivity contribution in [1.82, 2.24) is 20.1 Å². The molecule has 35 heavy (non-hydrogen) atoms. The first-order valence-electron chi connectivity index (χ1n) is 12.3. The Morgan fingerprint density at radius 1 is 1.03 bits per heavy atom. The molecule has 186 valence electrons. The van der Waals surface area contributed by atoms with Crippen molar-refractivity contribution in [2.24, 2.45) is 0 Å². The van der Waals surface area contributed by atoms with E-state index in [4.69, 9.17) is 9.47 Å². The molecule has 2 fully saturated rings. The van der Waals surface area contributed by atoms with Crippen LogP contribution in [0.4, 0.5) is 5.69 Å². The van der Waals surface area contributed by atoms with E-state index >= 15 is 0 Å². The monoisotopic (exact) mass is 477 g/mol. The molecule has 0 spiro atoms. The molecule has 3 aromatic rings. The fraction of sp³-hybridized carbons (Fsp3) is 0.444. The number of carbonyl (C=O) groups is 1. The molecule has 5 rings (SSSR count). The Morgan fingerprint density at radius 3 is 2.31 bits per heavy atom. The molecule has 1 saturated heterocycles. The number of piperazine rings is 1. The van der Waals surface area contributed by atoms with Gasteiger partial charge in [-0.3, -0.25) is 9.89 Å². The molecule has 2 aliphatic rings. The molecule has 1 aliphatic carbocycles. The topological polar surface area (TPSA) is 83.6 Å². The largest absolute Gasteiger partial charge is 0.493 e. The average Bonchev–Trinajstić information content (AvgIpc) is 3.26. The van der Waals surface area contributed by atoms with Gasteiger partial charge in [-0.1, -0.05) is 35.9 Å². The molecule has 0 bridgehead atoms. The second-order valence-corrected chi connectivity index (χ2v) is 9.04. The number of aromatic nitrogens is 3. The van der Waals surface area contributed by atoms with E-state index in [1.807, 2.05) is 36.1 Å². The predicted octanol–water partition coefficient (Wildman–Crippen LogP) is 3.94. The zero-order chi connectivity index (χ0) is 24.6. The van der Waals surface area contributed by atoms with Gasteiger partial charge in [-0.05, 0) is 45.2 Å². The van der Waals surface area contributed by atoms with E-state index in [2.05, 4.69) is 51.3 Å². The third kappa shape index (κ3) is 6.74. The number of nitrogens with one attached hydrogen (secondary N) is 1. The lowest BCUT2D eigenvalue weighted by atomic mass is 9.96. The molecule has 1 saturated carbocycles. The third-order valence-electron chi connectivity index (χ3n) is 6.38. The van der Waals surface area contributed by atoms with Gasteiger partial charge < -0.3 is 19.3 Å². The van der Waals surface area contributed by atoms with E-state index in [0.717, 1.165) is 48.9 Å². The molecule has 2 heterocycles. The quantitative estimate of drug-likeness (QED) is 0.579. The Morgan fingerprint density at radius 2 is 1.77 bits per heavy atom. The van der Waals surface area contributed by atoms with Gasteiger partial charge in [0.05, 0.1) is 19.6 Å². The molecule has 0 unspecified atom stereocenters. The molecule has 1 aromatic heterocycles. The number of hydrogen-bond donors (Lipinski definition) is 1. The summed E-state index contributed by atoms with van der Waals surface area (Å²) in [5.74, 6) is 2.93. The first-order valence-corrected chi connectivity index (χ1v) is 12.3. The third-order valence-corrected chi connectivity index (χ3v) is 6.38. The maximum absolute atomic E-state index is 12.5. The Labute approximate surface area is 207 Å². The second kappa shape index (κ2) is 11.7. The molecule has 1 N–H and O–H groups in total. The molecule has 8 heteroatoms. The van der Waals surface area contributed by atoms with Crippen LogP contribution in [0, 0.1) is 13.8 Å². The zero-order valence-electron chi connectivity index (χ0n) is 20.9. The van der Waals surface area contributed by atoms with Crippen molar-refractivity contribution in [3.05, 3.63) is 65.7 Å². The summed E-state index contributed by atoms with van der Waals surface area (Å²) in [6, 6.07) is 16.3. The van der Waals surface area contributed by atoms with Crippen molar-refractivity contribution < 1.29 is 14.3 Å². The minimum Gasteiger partial charge on any atom is -0.493 e. The summed E-state index contributed by atoms with van der Waals surface area (Å²) in [6.45, 7) is 6.86. The minimum atomic E-state index is 0.0717. The molecule has 0 atom stereocenters. The number of ether oxygens (including phenoxy) is 2. The van der Waals surface area contributed by atoms with Crippen LogP contribution in [0.25, 0.3) is 0 Å². The van der Waals surface area contributed by atoms with E-state index < -0.39 is 0 Å². The van der Waals surface area contributed by atoms with Crippen molar-refractivity contribution in [3.8, 4) is 11.5 Å². The fourth-order valence-corrected chi connectivity index (χ4v) is 4.09. The van der Waals surface area contributed by atoms with Gasteiger partial charge in [-0.2, -0.15) is 5.10 Å². The number of nitrogens with zero attached hydrogens (tertiary/aromatic N) is 4. The molecule has 2 aromatic carbocycles. The predicted molar refractivity (Wildman–Crippen MR) is 136 cm³/mol. The lowest BCUT2D eigenvalue weighted by Gasteiger charge is -2.36. The van der Waals surface area contributed by atoms with Gasteiger partial charge >= 0.3 is 0 Å². The van der Waals surface area contributed by atoms with Gasteiger partial charge in [0.15, 0.2) is 17.3 Å². The number of aryl methyl sites for hydroxylation is 2. The number of methoxy groups -OCH3 is 1. The molecule has 1 aliphatic heterocycles. The Balaban J connectivity index is 0.000000356. The first kappa shape index (κ1) is 24.6. The van der Waals surface area contributed by atoms with Gasteiger partial charge in [0.2, 0.25) is 5.91 Å². The van der Waals surface area contributed by atoms with Crippen LogP contribution < -0.4 is 14.4 Å². The Hall–Kier alpha value is -3.55. The normalized spacial score (nSPS) is 15.6. The highest BCUT2D eigenvalue weighted by Gasteiger charge is 2.24. The van der Waals surface area contributed by atoms with Crippen LogP contribution in [0.1, 0.15) is 36.5 Å². The zero-order valence-corrected chi connectivity index (χ0v) is 20.9. The molecular weight excluding hydrogens is 442 g/mol. The summed E-state index contributed by atoms with van der Waals surface area (Å²) >= 11 is 0.